The maximum absolute atomic E-state index is 15.4. The Labute approximate surface area is 640 Å². The van der Waals surface area contributed by atoms with Crippen molar-refractivity contribution in [1.82, 2.24) is 20.4 Å². The first-order valence-electron chi connectivity index (χ1n) is 42.4. The highest BCUT2D eigenvalue weighted by atomic mass is 16.6. The highest BCUT2D eigenvalue weighted by Gasteiger charge is 2.61. The molecule has 108 heavy (non-hydrogen) atoms. The first-order chi connectivity index (χ1) is 52.0. The molecule has 17 rings (SSSR count). The Bertz CT molecular complexity index is 4500. The predicted octanol–water partition coefficient (Wildman–Crippen LogP) is 22.5. The topological polar surface area (TPSA) is 151 Å². The molecule has 8 aliphatic carbocycles. The molecule has 2 heterocycles. The summed E-state index contributed by atoms with van der Waals surface area (Å²) in [5, 5.41) is 11.6. The van der Waals surface area contributed by atoms with Crippen molar-refractivity contribution in [1.29, 1.82) is 0 Å². The third kappa shape index (κ3) is 12.0. The fourth-order valence-corrected chi connectivity index (χ4v) is 26.1. The average molecular weight is 1450 g/mol. The molecule has 6 saturated carbocycles. The zero-order valence-corrected chi connectivity index (χ0v) is 66.0. The summed E-state index contributed by atoms with van der Waals surface area (Å²) >= 11 is 0. The summed E-state index contributed by atoms with van der Waals surface area (Å²) in [6.07, 6.45) is 29.5. The molecule has 0 radical (unpaired) electrons. The van der Waals surface area contributed by atoms with E-state index < -0.39 is 35.8 Å². The van der Waals surface area contributed by atoms with Crippen LogP contribution in [0.5, 0.6) is 0 Å². The standard InChI is InChI=1S/C96H116N4O8/c1-55(2)19-17-21-57(5)75-35-37-77-65-29-27-61-51-63(39-43-93(61,7)79(65)41-45-95(75,77)9)107-91(105)97-47-49-99-87(101)69-33-31-67-82-72(60-25-15-12-16-26-60)54-74-84-70(34-32-68(86(82)84)81-71(59-23-13-11-14-24-59)53-73(89(99)103)83(69)85(67)81)88(102)100(90(74)104)50-48-98-92(106)108-64-40-44-94(8)62(52-64)28-30-66-78-38-36-76(58(6)22-18-20-56(3)4)96(78,10)46-42-80(66)94/h11-16,23-28,31-34,53-58,63-66,75-80H,17-22,29-30,35-52H2,1-10H3,(H,97,105)(H,98,106)/t57-,58-,63+,64+,65+,66+,75-,76-,77+,78+,79+,80+,93+,94+,95-,96-/m1/s1. The van der Waals surface area contributed by atoms with Gasteiger partial charge in [0.15, 0.2) is 0 Å². The van der Waals surface area contributed by atoms with Gasteiger partial charge in [-0.05, 0) is 261 Å². The molecule has 6 amide bonds. The maximum atomic E-state index is 15.4. The van der Waals surface area contributed by atoms with Crippen LogP contribution in [-0.2, 0) is 9.47 Å². The molecule has 12 heteroatoms. The highest BCUT2D eigenvalue weighted by Crippen LogP contribution is 2.70. The second-order valence-electron chi connectivity index (χ2n) is 37.7. The van der Waals surface area contributed by atoms with Gasteiger partial charge in [-0.25, -0.2) is 9.59 Å². The lowest BCUT2D eigenvalue weighted by atomic mass is 9.47. The number of imide groups is 2. The van der Waals surface area contributed by atoms with Gasteiger partial charge in [0.1, 0.15) is 12.2 Å². The molecule has 2 N–H and O–H groups in total. The van der Waals surface area contributed by atoms with Crippen molar-refractivity contribution in [2.75, 3.05) is 26.2 Å². The van der Waals surface area contributed by atoms with E-state index in [4.69, 9.17) is 9.47 Å². The lowest BCUT2D eigenvalue weighted by Gasteiger charge is -2.58. The Morgan fingerprint density at radius 1 is 0.435 bits per heavy atom. The van der Waals surface area contributed by atoms with Crippen molar-refractivity contribution in [3.8, 4) is 22.3 Å². The first kappa shape index (κ1) is 73.0. The number of hydrogen-bond acceptors (Lipinski definition) is 8. The van der Waals surface area contributed by atoms with Gasteiger partial charge in [-0.15, -0.1) is 0 Å². The van der Waals surface area contributed by atoms with Crippen molar-refractivity contribution in [2.45, 2.75) is 223 Å². The number of nitrogens with one attached hydrogen (secondary N) is 2. The smallest absolute Gasteiger partial charge is 0.407 e. The Morgan fingerprint density at radius 2 is 0.833 bits per heavy atom. The van der Waals surface area contributed by atoms with E-state index in [2.05, 4.69) is 92.0 Å². The van der Waals surface area contributed by atoms with Gasteiger partial charge in [0.25, 0.3) is 23.6 Å². The number of amides is 6. The summed E-state index contributed by atoms with van der Waals surface area (Å²) < 4.78 is 12.5. The minimum absolute atomic E-state index is 0.0155. The van der Waals surface area contributed by atoms with Crippen LogP contribution in [0.4, 0.5) is 9.59 Å². The number of rotatable bonds is 20. The zero-order chi connectivity index (χ0) is 75.0. The molecule has 7 aromatic rings. The van der Waals surface area contributed by atoms with Crippen LogP contribution in [0.1, 0.15) is 252 Å². The van der Waals surface area contributed by atoms with Gasteiger partial charge in [0, 0.05) is 72.0 Å². The average Bonchev–Trinajstić information content (AvgIpc) is 0.791. The van der Waals surface area contributed by atoms with Gasteiger partial charge in [0.05, 0.1) is 0 Å². The Kier molecular flexibility index (Phi) is 19.0. The quantitative estimate of drug-likeness (QED) is 0.0331. The molecule has 568 valence electrons. The lowest BCUT2D eigenvalue weighted by Crippen LogP contribution is -2.51. The van der Waals surface area contributed by atoms with E-state index in [-0.39, 0.29) is 49.2 Å². The minimum atomic E-state index is -0.539. The molecule has 10 aliphatic rings. The summed E-state index contributed by atoms with van der Waals surface area (Å²) in [7, 11) is 0. The Balaban J connectivity index is 0.587. The molecular weight excluding hydrogens is 1340 g/mol. The van der Waals surface area contributed by atoms with Gasteiger partial charge >= 0.3 is 12.2 Å². The number of fused-ring (bicyclic) bond motifs is 12. The molecule has 2 aliphatic heterocycles. The summed E-state index contributed by atoms with van der Waals surface area (Å²) in [5.74, 6) is 7.19. The molecule has 6 fully saturated rings. The van der Waals surface area contributed by atoms with Crippen LogP contribution in [-0.4, -0.2) is 84.0 Å². The van der Waals surface area contributed by atoms with E-state index in [1.807, 2.05) is 97.1 Å². The molecule has 7 aromatic carbocycles. The van der Waals surface area contributed by atoms with Gasteiger partial charge in [-0.3, -0.25) is 29.0 Å². The molecule has 0 aromatic heterocycles. The Morgan fingerprint density at radius 3 is 1.23 bits per heavy atom. The van der Waals surface area contributed by atoms with Gasteiger partial charge in [-0.2, -0.15) is 0 Å². The normalized spacial score (nSPS) is 31.1. The SMILES string of the molecule is CC(C)CCC[C@@H](C)[C@H]1CC[C@H]2[C@@H]3CC=C4C[C@@H](OC(=O)NCCN5C(=O)c6ccc7c8c(-c9ccccc9)cc9c%10c(ccc(c%11c(-c%12ccccc%12)cc(c6c7%11)C5=O)c%108)C(=O)N(CCNC(=O)O[C@H]5CC[C@@]6(C)C(=CC[C@H]7[C@@H]8CC[C@H]([C@H](C)CCCC(C)C)[C@@]8(C)CC[C@@H]76)C5)C9=O)CC[C@]4(C)[C@H]3CC[C@]12C. The van der Waals surface area contributed by atoms with E-state index in [1.165, 1.54) is 111 Å². The van der Waals surface area contributed by atoms with Crippen molar-refractivity contribution >= 4 is 78.9 Å². The largest absolute Gasteiger partial charge is 0.446 e. The van der Waals surface area contributed by atoms with Crippen LogP contribution in [0.25, 0.3) is 65.3 Å². The van der Waals surface area contributed by atoms with Crippen LogP contribution in [0.15, 0.2) is 120 Å². The summed E-state index contributed by atoms with van der Waals surface area (Å²) in [4.78, 5) is 91.2. The summed E-state index contributed by atoms with van der Waals surface area (Å²) in [6.45, 7) is 24.7. The molecule has 0 saturated heterocycles. The van der Waals surface area contributed by atoms with Crippen LogP contribution < -0.4 is 10.6 Å². The number of allylic oxidation sites excluding steroid dienone is 2. The van der Waals surface area contributed by atoms with Gasteiger partial charge < -0.3 is 20.1 Å². The van der Waals surface area contributed by atoms with E-state index in [0.717, 1.165) is 153 Å². The third-order valence-electron chi connectivity index (χ3n) is 31.5. The van der Waals surface area contributed by atoms with Crippen molar-refractivity contribution in [3.05, 3.63) is 143 Å². The van der Waals surface area contributed by atoms with Crippen LogP contribution in [0.3, 0.4) is 0 Å². The predicted molar refractivity (Wildman–Crippen MR) is 432 cm³/mol. The molecular formula is C96H116N4O8. The van der Waals surface area contributed by atoms with Crippen LogP contribution >= 0.6 is 0 Å². The molecule has 0 spiro atoms. The second kappa shape index (κ2) is 28.2. The summed E-state index contributed by atoms with van der Waals surface area (Å²) in [5.41, 5.74) is 8.70. The number of ether oxygens (including phenoxy) is 2. The monoisotopic (exact) mass is 1450 g/mol. The molecule has 16 atom stereocenters. The van der Waals surface area contributed by atoms with E-state index >= 15 is 19.2 Å². The van der Waals surface area contributed by atoms with Crippen LogP contribution in [0, 0.1) is 92.7 Å². The van der Waals surface area contributed by atoms with Gasteiger partial charge in [-0.1, -0.05) is 204 Å². The highest BCUT2D eigenvalue weighted by molar-refractivity contribution is 6.44. The van der Waals surface area contributed by atoms with Crippen molar-refractivity contribution in [2.24, 2.45) is 92.7 Å². The molecule has 12 nitrogen and oxygen atoms in total. The van der Waals surface area contributed by atoms with Crippen molar-refractivity contribution < 1.29 is 38.2 Å². The second-order valence-corrected chi connectivity index (χ2v) is 37.7. The number of nitrogens with zero attached hydrogens (tertiary/aromatic N) is 2. The Hall–Kier alpha value is -7.86. The number of carbonyl (C=O) groups excluding carboxylic acids is 6. The van der Waals surface area contributed by atoms with Crippen LogP contribution in [0.2, 0.25) is 0 Å². The number of carbonyl (C=O) groups is 6. The zero-order valence-electron chi connectivity index (χ0n) is 66.0. The van der Waals surface area contributed by atoms with E-state index in [1.54, 1.807) is 0 Å². The first-order valence-corrected chi connectivity index (χ1v) is 42.4. The number of benzene rings is 7. The van der Waals surface area contributed by atoms with Crippen molar-refractivity contribution in [3.63, 3.8) is 0 Å². The number of alkyl carbamates (subject to hydrolysis) is 2. The van der Waals surface area contributed by atoms with Gasteiger partial charge in [0.2, 0.25) is 0 Å². The lowest BCUT2D eigenvalue weighted by molar-refractivity contribution is -0.0581. The van der Waals surface area contributed by atoms with E-state index in [0.29, 0.717) is 67.5 Å². The maximum Gasteiger partial charge on any atom is 0.407 e. The fourth-order valence-electron chi connectivity index (χ4n) is 26.1. The fraction of sp³-hybridized carbons (Fsp3) is 0.562. The van der Waals surface area contributed by atoms with E-state index in [9.17, 15) is 9.59 Å². The molecule has 0 bridgehead atoms. The number of hydrogen-bond donors (Lipinski definition) is 2. The molecule has 0 unspecified atom stereocenters. The summed E-state index contributed by atoms with van der Waals surface area (Å²) in [6, 6.07) is 31.2. The third-order valence-corrected chi connectivity index (χ3v) is 31.5. The minimum Gasteiger partial charge on any atom is -0.446 e.